The van der Waals surface area contributed by atoms with E-state index in [4.69, 9.17) is 14.5 Å². The number of rotatable bonds is 5. The first kappa shape index (κ1) is 18.6. The lowest BCUT2D eigenvalue weighted by molar-refractivity contribution is -0.143. The fourth-order valence-corrected chi connectivity index (χ4v) is 3.70. The van der Waals surface area contributed by atoms with Crippen molar-refractivity contribution >= 4 is 28.4 Å². The SMILES string of the molecule is O=C(NO[C@H]1CCN(C(=O)O)C1)[C@@H]1CCC2CN1C(=O)N2OS(=O)(=O)O. The summed E-state index contributed by atoms with van der Waals surface area (Å²) in [5.74, 6) is -0.598. The minimum Gasteiger partial charge on any atom is -0.465 e. The number of carboxylic acid groups (broad SMARTS) is 1. The topological polar surface area (TPSA) is 166 Å². The number of piperidine rings is 1. The van der Waals surface area contributed by atoms with Gasteiger partial charge >= 0.3 is 22.5 Å². The molecule has 3 saturated heterocycles. The summed E-state index contributed by atoms with van der Waals surface area (Å²) in [6.07, 6.45) is -0.574. The van der Waals surface area contributed by atoms with Crippen molar-refractivity contribution in [2.24, 2.45) is 0 Å². The van der Waals surface area contributed by atoms with Gasteiger partial charge in [0.25, 0.3) is 5.91 Å². The van der Waals surface area contributed by atoms with Gasteiger partial charge in [0.2, 0.25) is 0 Å². The van der Waals surface area contributed by atoms with E-state index in [1.54, 1.807) is 0 Å². The average molecular weight is 394 g/mol. The lowest BCUT2D eigenvalue weighted by Crippen LogP contribution is -2.50. The van der Waals surface area contributed by atoms with Gasteiger partial charge < -0.3 is 14.9 Å². The number of nitrogens with zero attached hydrogens (tertiary/aromatic N) is 3. The zero-order valence-corrected chi connectivity index (χ0v) is 14.3. The van der Waals surface area contributed by atoms with Crippen LogP contribution in [0.25, 0.3) is 0 Å². The molecule has 0 aromatic rings. The van der Waals surface area contributed by atoms with Crippen LogP contribution in [0.2, 0.25) is 0 Å². The lowest BCUT2D eigenvalue weighted by Gasteiger charge is -2.29. The van der Waals surface area contributed by atoms with Crippen LogP contribution in [0.15, 0.2) is 0 Å². The summed E-state index contributed by atoms with van der Waals surface area (Å²) in [5.41, 5.74) is 2.24. The van der Waals surface area contributed by atoms with E-state index in [1.165, 1.54) is 0 Å². The molecule has 0 saturated carbocycles. The largest absolute Gasteiger partial charge is 0.465 e. The van der Waals surface area contributed by atoms with Gasteiger partial charge in [0.15, 0.2) is 0 Å². The number of likely N-dealkylation sites (tertiary alicyclic amines) is 1. The predicted molar refractivity (Wildman–Crippen MR) is 80.6 cm³/mol. The number of hydrogen-bond acceptors (Lipinski definition) is 7. The average Bonchev–Trinajstić information content (AvgIpc) is 3.12. The Morgan fingerprint density at radius 1 is 1.19 bits per heavy atom. The number of hydrogen-bond donors (Lipinski definition) is 3. The Hall–Kier alpha value is -2.16. The summed E-state index contributed by atoms with van der Waals surface area (Å²) < 4.78 is 34.7. The van der Waals surface area contributed by atoms with Crippen LogP contribution < -0.4 is 5.48 Å². The van der Waals surface area contributed by atoms with Crippen molar-refractivity contribution in [3.05, 3.63) is 0 Å². The second kappa shape index (κ2) is 6.86. The van der Waals surface area contributed by atoms with E-state index in [2.05, 4.69) is 9.76 Å². The second-order valence-electron chi connectivity index (χ2n) is 6.23. The van der Waals surface area contributed by atoms with E-state index in [0.717, 1.165) is 9.80 Å². The van der Waals surface area contributed by atoms with Gasteiger partial charge in [0, 0.05) is 13.1 Å². The number of carbonyl (C=O) groups excluding carboxylic acids is 2. The first-order valence-corrected chi connectivity index (χ1v) is 9.22. The molecule has 2 bridgehead atoms. The van der Waals surface area contributed by atoms with Gasteiger partial charge in [-0.15, -0.1) is 4.28 Å². The van der Waals surface area contributed by atoms with Gasteiger partial charge in [-0.25, -0.2) is 15.1 Å². The van der Waals surface area contributed by atoms with Crippen LogP contribution in [0.3, 0.4) is 0 Å². The van der Waals surface area contributed by atoms with Crippen molar-refractivity contribution in [3.63, 3.8) is 0 Å². The Morgan fingerprint density at radius 3 is 2.54 bits per heavy atom. The highest BCUT2D eigenvalue weighted by atomic mass is 32.3. The van der Waals surface area contributed by atoms with Gasteiger partial charge in [-0.1, -0.05) is 0 Å². The number of hydroxylamine groups is 3. The maximum atomic E-state index is 12.3. The molecule has 0 aromatic carbocycles. The van der Waals surface area contributed by atoms with Crippen LogP contribution in [-0.2, 0) is 24.3 Å². The maximum Gasteiger partial charge on any atom is 0.418 e. The summed E-state index contributed by atoms with van der Waals surface area (Å²) in [6, 6.07) is -2.32. The second-order valence-corrected chi connectivity index (χ2v) is 7.24. The minimum absolute atomic E-state index is 0.0721. The summed E-state index contributed by atoms with van der Waals surface area (Å²) in [4.78, 5) is 42.9. The molecular formula is C12H18N4O9S. The van der Waals surface area contributed by atoms with Gasteiger partial charge in [-0.3, -0.25) is 14.2 Å². The molecule has 0 radical (unpaired) electrons. The number of urea groups is 1. The first-order valence-electron chi connectivity index (χ1n) is 7.86. The van der Waals surface area contributed by atoms with Crippen molar-refractivity contribution in [1.82, 2.24) is 20.3 Å². The molecule has 3 heterocycles. The molecule has 3 fully saturated rings. The van der Waals surface area contributed by atoms with Gasteiger partial charge in [0.1, 0.15) is 12.1 Å². The van der Waals surface area contributed by atoms with E-state index in [9.17, 15) is 22.8 Å². The number of nitrogens with one attached hydrogen (secondary N) is 1. The molecule has 0 spiro atoms. The number of fused-ring (bicyclic) bond motifs is 2. The molecule has 0 aromatic heterocycles. The van der Waals surface area contributed by atoms with Crippen molar-refractivity contribution in [3.8, 4) is 0 Å². The number of amides is 4. The molecule has 3 aliphatic heterocycles. The smallest absolute Gasteiger partial charge is 0.418 e. The molecule has 0 aliphatic carbocycles. The first-order chi connectivity index (χ1) is 12.2. The Labute approximate surface area is 148 Å². The van der Waals surface area contributed by atoms with Crippen molar-refractivity contribution in [1.29, 1.82) is 0 Å². The summed E-state index contributed by atoms with van der Waals surface area (Å²) >= 11 is 0. The highest BCUT2D eigenvalue weighted by molar-refractivity contribution is 7.80. The molecule has 14 heteroatoms. The van der Waals surface area contributed by atoms with Crippen LogP contribution in [0, 0.1) is 0 Å². The van der Waals surface area contributed by atoms with E-state index in [1.807, 2.05) is 0 Å². The maximum absolute atomic E-state index is 12.3. The zero-order chi connectivity index (χ0) is 19.1. The Bertz CT molecular complexity index is 713. The molecule has 4 amide bonds. The molecule has 3 aliphatic rings. The molecule has 13 nitrogen and oxygen atoms in total. The Kier molecular flexibility index (Phi) is 4.92. The highest BCUT2D eigenvalue weighted by Crippen LogP contribution is 2.30. The third-order valence-corrected chi connectivity index (χ3v) is 4.89. The summed E-state index contributed by atoms with van der Waals surface area (Å²) in [5, 5.41) is 9.43. The van der Waals surface area contributed by atoms with Crippen LogP contribution in [0.1, 0.15) is 19.3 Å². The van der Waals surface area contributed by atoms with Crippen LogP contribution >= 0.6 is 0 Å². The van der Waals surface area contributed by atoms with E-state index in [0.29, 0.717) is 24.4 Å². The van der Waals surface area contributed by atoms with Gasteiger partial charge in [-0.2, -0.15) is 13.5 Å². The summed E-state index contributed by atoms with van der Waals surface area (Å²) in [6.45, 7) is 0.497. The van der Waals surface area contributed by atoms with Crippen LogP contribution in [-0.4, -0.2) is 88.8 Å². The fourth-order valence-electron chi connectivity index (χ4n) is 3.31. The van der Waals surface area contributed by atoms with E-state index < -0.39 is 46.6 Å². The Morgan fingerprint density at radius 2 is 1.92 bits per heavy atom. The van der Waals surface area contributed by atoms with Crippen LogP contribution in [0.4, 0.5) is 9.59 Å². The molecular weight excluding hydrogens is 376 g/mol. The van der Waals surface area contributed by atoms with E-state index >= 15 is 0 Å². The van der Waals surface area contributed by atoms with Crippen LogP contribution in [0.5, 0.6) is 0 Å². The Balaban J connectivity index is 1.55. The van der Waals surface area contributed by atoms with Gasteiger partial charge in [0.05, 0.1) is 12.6 Å². The molecule has 146 valence electrons. The van der Waals surface area contributed by atoms with Crippen molar-refractivity contribution in [2.75, 3.05) is 19.6 Å². The van der Waals surface area contributed by atoms with Crippen molar-refractivity contribution < 1.29 is 41.6 Å². The molecule has 26 heavy (non-hydrogen) atoms. The lowest BCUT2D eigenvalue weighted by atomic mass is 10.0. The van der Waals surface area contributed by atoms with Gasteiger partial charge in [-0.05, 0) is 19.3 Å². The third-order valence-electron chi connectivity index (χ3n) is 4.54. The molecule has 3 rings (SSSR count). The van der Waals surface area contributed by atoms with E-state index in [-0.39, 0.29) is 19.5 Å². The molecule has 1 unspecified atom stereocenters. The molecule has 3 N–H and O–H groups in total. The zero-order valence-electron chi connectivity index (χ0n) is 13.5. The number of carbonyl (C=O) groups is 3. The van der Waals surface area contributed by atoms with Crippen molar-refractivity contribution in [2.45, 2.75) is 37.5 Å². The monoisotopic (exact) mass is 394 g/mol. The molecule has 3 atom stereocenters. The fraction of sp³-hybridized carbons (Fsp3) is 0.750. The predicted octanol–water partition coefficient (Wildman–Crippen LogP) is -1.21. The summed E-state index contributed by atoms with van der Waals surface area (Å²) in [7, 11) is -4.85. The third kappa shape index (κ3) is 3.82. The quantitative estimate of drug-likeness (QED) is 0.383. The standard InChI is InChI=1S/C12H18N4O9S/c17-10(13-24-8-3-4-14(6-8)12(19)20)9-2-1-7-5-15(9)11(18)16(7)25-26(21,22)23/h7-9H,1-6H2,(H,13,17)(H,19,20)(H,21,22,23)/t7?,8-,9-/m0/s1. The minimum atomic E-state index is -4.85. The highest BCUT2D eigenvalue weighted by Gasteiger charge is 2.49. The normalized spacial score (nSPS) is 28.6.